The average molecular weight is 596 g/mol. The lowest BCUT2D eigenvalue weighted by atomic mass is 10.1. The van der Waals surface area contributed by atoms with Crippen LogP contribution < -0.4 is 19.1 Å². The molecule has 10 heteroatoms. The molecular formula is C32H41N3O6S. The number of hydrogen-bond acceptors (Lipinski definition) is 6. The van der Waals surface area contributed by atoms with Gasteiger partial charge in [-0.2, -0.15) is 0 Å². The molecule has 3 aromatic carbocycles. The number of carbonyl (C=O) groups is 2. The molecule has 0 saturated heterocycles. The summed E-state index contributed by atoms with van der Waals surface area (Å²) < 4.78 is 39.9. The third-order valence-electron chi connectivity index (χ3n) is 6.96. The highest BCUT2D eigenvalue weighted by Crippen LogP contribution is 2.34. The van der Waals surface area contributed by atoms with E-state index < -0.39 is 28.5 Å². The molecule has 0 aliphatic rings. The molecule has 0 bridgehead atoms. The summed E-state index contributed by atoms with van der Waals surface area (Å²) in [6.07, 6.45) is 1.63. The molecule has 0 saturated carbocycles. The van der Waals surface area contributed by atoms with E-state index in [1.165, 1.54) is 37.3 Å². The fourth-order valence-electron chi connectivity index (χ4n) is 4.61. The number of sulfonamides is 1. The van der Waals surface area contributed by atoms with Gasteiger partial charge >= 0.3 is 0 Å². The van der Waals surface area contributed by atoms with Crippen molar-refractivity contribution in [1.82, 2.24) is 10.2 Å². The molecule has 3 aromatic rings. The van der Waals surface area contributed by atoms with Crippen LogP contribution in [0.2, 0.25) is 0 Å². The fraction of sp³-hybridized carbons (Fsp3) is 0.375. The van der Waals surface area contributed by atoms with E-state index in [4.69, 9.17) is 9.47 Å². The molecule has 1 N–H and O–H groups in total. The minimum atomic E-state index is -4.19. The van der Waals surface area contributed by atoms with E-state index in [9.17, 15) is 18.0 Å². The molecule has 0 aromatic heterocycles. The molecule has 0 radical (unpaired) electrons. The molecular weight excluding hydrogens is 554 g/mol. The van der Waals surface area contributed by atoms with Gasteiger partial charge in [0, 0.05) is 19.2 Å². The van der Waals surface area contributed by atoms with Gasteiger partial charge in [-0.1, -0.05) is 61.9 Å². The number of amides is 2. The van der Waals surface area contributed by atoms with E-state index in [-0.39, 0.29) is 23.0 Å². The number of nitrogens with one attached hydrogen (secondary N) is 1. The lowest BCUT2D eigenvalue weighted by Crippen LogP contribution is -2.53. The highest BCUT2D eigenvalue weighted by Gasteiger charge is 2.33. The molecule has 0 fully saturated rings. The van der Waals surface area contributed by atoms with Crippen molar-refractivity contribution in [2.75, 3.05) is 38.2 Å². The third kappa shape index (κ3) is 8.03. The zero-order chi connectivity index (χ0) is 30.7. The SMILES string of the molecule is CCCNC(=O)[C@@H](CC)N(CCc1ccccc1)C(=O)CN(c1ccc(OC)c(OC)c1)S(=O)(=O)c1ccc(C)cc1. The summed E-state index contributed by atoms with van der Waals surface area (Å²) in [5, 5.41) is 2.90. The Kier molecular flexibility index (Phi) is 11.8. The van der Waals surface area contributed by atoms with Gasteiger partial charge in [0.05, 0.1) is 24.8 Å². The van der Waals surface area contributed by atoms with Crippen molar-refractivity contribution >= 4 is 27.5 Å². The van der Waals surface area contributed by atoms with Gasteiger partial charge in [-0.3, -0.25) is 13.9 Å². The normalized spacial score (nSPS) is 11.8. The lowest BCUT2D eigenvalue weighted by Gasteiger charge is -2.33. The first-order valence-electron chi connectivity index (χ1n) is 14.1. The quantitative estimate of drug-likeness (QED) is 0.276. The lowest BCUT2D eigenvalue weighted by molar-refractivity contribution is -0.139. The van der Waals surface area contributed by atoms with Crippen LogP contribution in [0.15, 0.2) is 77.7 Å². The molecule has 0 spiro atoms. The summed E-state index contributed by atoms with van der Waals surface area (Å²) in [6, 6.07) is 20.0. The summed E-state index contributed by atoms with van der Waals surface area (Å²) in [6.45, 7) is 5.87. The van der Waals surface area contributed by atoms with Crippen LogP contribution >= 0.6 is 0 Å². The summed E-state index contributed by atoms with van der Waals surface area (Å²) in [5.74, 6) is -0.0176. The highest BCUT2D eigenvalue weighted by molar-refractivity contribution is 7.92. The van der Waals surface area contributed by atoms with Crippen LogP contribution in [0, 0.1) is 6.92 Å². The van der Waals surface area contributed by atoms with Gasteiger partial charge in [0.25, 0.3) is 10.0 Å². The number of methoxy groups -OCH3 is 2. The molecule has 2 amide bonds. The van der Waals surface area contributed by atoms with Gasteiger partial charge in [-0.25, -0.2) is 8.42 Å². The van der Waals surface area contributed by atoms with Crippen molar-refractivity contribution in [2.45, 2.75) is 51.0 Å². The van der Waals surface area contributed by atoms with E-state index >= 15 is 0 Å². The van der Waals surface area contributed by atoms with Gasteiger partial charge in [0.15, 0.2) is 11.5 Å². The molecule has 9 nitrogen and oxygen atoms in total. The standard InChI is InChI=1S/C32H41N3O6S/c1-6-20-33-32(37)28(7-2)34(21-19-25-11-9-8-10-12-25)31(36)23-35(26-15-18-29(40-4)30(22-26)41-5)42(38,39)27-16-13-24(3)14-17-27/h8-18,22,28H,6-7,19-21,23H2,1-5H3,(H,33,37)/t28-/m1/s1. The van der Waals surface area contributed by atoms with E-state index in [1.807, 2.05) is 51.1 Å². The number of anilines is 1. The predicted molar refractivity (Wildman–Crippen MR) is 164 cm³/mol. The van der Waals surface area contributed by atoms with Gasteiger partial charge < -0.3 is 19.7 Å². The first kappa shape index (κ1) is 32.5. The maximum absolute atomic E-state index is 14.1. The second kappa shape index (κ2) is 15.3. The van der Waals surface area contributed by atoms with Gasteiger partial charge in [-0.05, 0) is 56.0 Å². The Bertz CT molecular complexity index is 1430. The Labute approximate surface area is 249 Å². The number of hydrogen-bond donors (Lipinski definition) is 1. The third-order valence-corrected chi connectivity index (χ3v) is 8.75. The average Bonchev–Trinajstić information content (AvgIpc) is 3.00. The summed E-state index contributed by atoms with van der Waals surface area (Å²) >= 11 is 0. The zero-order valence-corrected chi connectivity index (χ0v) is 25.8. The fourth-order valence-corrected chi connectivity index (χ4v) is 6.01. The second-order valence-electron chi connectivity index (χ2n) is 9.90. The minimum absolute atomic E-state index is 0.0410. The highest BCUT2D eigenvalue weighted by atomic mass is 32.2. The van der Waals surface area contributed by atoms with Gasteiger partial charge in [-0.15, -0.1) is 0 Å². The van der Waals surface area contributed by atoms with E-state index in [0.717, 1.165) is 21.9 Å². The number of ether oxygens (including phenoxy) is 2. The Morgan fingerprint density at radius 3 is 2.17 bits per heavy atom. The van der Waals surface area contributed by atoms with Crippen molar-refractivity contribution in [3.8, 4) is 11.5 Å². The van der Waals surface area contributed by atoms with Crippen molar-refractivity contribution < 1.29 is 27.5 Å². The molecule has 3 rings (SSSR count). The van der Waals surface area contributed by atoms with Crippen LogP contribution in [-0.2, 0) is 26.0 Å². The van der Waals surface area contributed by atoms with E-state index in [1.54, 1.807) is 24.3 Å². The summed E-state index contributed by atoms with van der Waals surface area (Å²) in [4.78, 5) is 28.8. The molecule has 0 unspecified atom stereocenters. The smallest absolute Gasteiger partial charge is 0.264 e. The van der Waals surface area contributed by atoms with E-state index in [0.29, 0.717) is 30.9 Å². The largest absolute Gasteiger partial charge is 0.493 e. The number of carbonyl (C=O) groups excluding carboxylic acids is 2. The monoisotopic (exact) mass is 595 g/mol. The van der Waals surface area contributed by atoms with Crippen molar-refractivity contribution in [3.05, 3.63) is 83.9 Å². The van der Waals surface area contributed by atoms with Crippen LogP contribution in [0.5, 0.6) is 11.5 Å². The van der Waals surface area contributed by atoms with Crippen LogP contribution in [-0.4, -0.2) is 65.0 Å². The first-order chi connectivity index (χ1) is 20.2. The maximum Gasteiger partial charge on any atom is 0.264 e. The molecule has 0 aliphatic heterocycles. The Balaban J connectivity index is 2.06. The van der Waals surface area contributed by atoms with Crippen molar-refractivity contribution in [1.29, 1.82) is 0 Å². The first-order valence-corrected chi connectivity index (χ1v) is 15.5. The molecule has 42 heavy (non-hydrogen) atoms. The minimum Gasteiger partial charge on any atom is -0.493 e. The number of aryl methyl sites for hydroxylation is 1. The van der Waals surface area contributed by atoms with Crippen LogP contribution in [0.4, 0.5) is 5.69 Å². The Morgan fingerprint density at radius 2 is 1.57 bits per heavy atom. The molecule has 0 aliphatic carbocycles. The predicted octanol–water partition coefficient (Wildman–Crippen LogP) is 4.58. The summed E-state index contributed by atoms with van der Waals surface area (Å²) in [7, 11) is -1.25. The number of benzene rings is 3. The number of nitrogens with zero attached hydrogens (tertiary/aromatic N) is 2. The van der Waals surface area contributed by atoms with Crippen LogP contribution in [0.1, 0.15) is 37.8 Å². The Hall–Kier alpha value is -4.05. The Morgan fingerprint density at radius 1 is 0.905 bits per heavy atom. The van der Waals surface area contributed by atoms with Crippen molar-refractivity contribution in [3.63, 3.8) is 0 Å². The van der Waals surface area contributed by atoms with Crippen molar-refractivity contribution in [2.24, 2.45) is 0 Å². The van der Waals surface area contributed by atoms with Gasteiger partial charge in [0.2, 0.25) is 11.8 Å². The van der Waals surface area contributed by atoms with Gasteiger partial charge in [0.1, 0.15) is 12.6 Å². The maximum atomic E-state index is 14.1. The molecule has 0 heterocycles. The molecule has 226 valence electrons. The molecule has 1 atom stereocenters. The topological polar surface area (TPSA) is 105 Å². The van der Waals surface area contributed by atoms with Crippen LogP contribution in [0.25, 0.3) is 0 Å². The summed E-state index contributed by atoms with van der Waals surface area (Å²) in [5.41, 5.74) is 2.13. The second-order valence-corrected chi connectivity index (χ2v) is 11.8. The van der Waals surface area contributed by atoms with Crippen LogP contribution in [0.3, 0.4) is 0 Å². The van der Waals surface area contributed by atoms with E-state index in [2.05, 4.69) is 5.32 Å². The number of rotatable bonds is 15. The zero-order valence-electron chi connectivity index (χ0n) is 25.0.